The van der Waals surface area contributed by atoms with Gasteiger partial charge in [0.1, 0.15) is 0 Å². The minimum Gasteiger partial charge on any atom is -0.369 e. The summed E-state index contributed by atoms with van der Waals surface area (Å²) in [7, 11) is 0. The van der Waals surface area contributed by atoms with E-state index in [0.29, 0.717) is 6.42 Å². The van der Waals surface area contributed by atoms with E-state index in [-0.39, 0.29) is 11.8 Å². The molecule has 0 saturated heterocycles. The summed E-state index contributed by atoms with van der Waals surface area (Å²) in [5.74, 6) is -0.357. The average molecular weight is 152 g/mol. The number of allylic oxidation sites excluding steroid dienone is 2. The SMILES string of the molecule is CC(CC1=CCC=N1)C(N)=O. The lowest BCUT2D eigenvalue weighted by atomic mass is 10.1. The van der Waals surface area contributed by atoms with Crippen molar-refractivity contribution < 1.29 is 4.79 Å². The number of hydrogen-bond donors (Lipinski definition) is 1. The van der Waals surface area contributed by atoms with Crippen molar-refractivity contribution >= 4 is 12.1 Å². The van der Waals surface area contributed by atoms with E-state index < -0.39 is 0 Å². The Morgan fingerprint density at radius 2 is 2.64 bits per heavy atom. The van der Waals surface area contributed by atoms with Crippen LogP contribution in [0.1, 0.15) is 19.8 Å². The summed E-state index contributed by atoms with van der Waals surface area (Å²) in [6, 6.07) is 0. The lowest BCUT2D eigenvalue weighted by Crippen LogP contribution is -2.20. The summed E-state index contributed by atoms with van der Waals surface area (Å²) in [5, 5.41) is 0. The Bertz CT molecular complexity index is 218. The normalized spacial score (nSPS) is 18.1. The van der Waals surface area contributed by atoms with Gasteiger partial charge < -0.3 is 5.73 Å². The van der Waals surface area contributed by atoms with Crippen LogP contribution in [0.15, 0.2) is 16.8 Å². The zero-order chi connectivity index (χ0) is 8.27. The Kier molecular flexibility index (Phi) is 2.41. The van der Waals surface area contributed by atoms with Gasteiger partial charge in [0.2, 0.25) is 5.91 Å². The molecule has 0 aliphatic carbocycles. The number of rotatable bonds is 3. The van der Waals surface area contributed by atoms with Crippen LogP contribution >= 0.6 is 0 Å². The van der Waals surface area contributed by atoms with E-state index in [0.717, 1.165) is 12.1 Å². The zero-order valence-corrected chi connectivity index (χ0v) is 6.58. The smallest absolute Gasteiger partial charge is 0.220 e. The second-order valence-electron chi connectivity index (χ2n) is 2.75. The fourth-order valence-electron chi connectivity index (χ4n) is 0.962. The molecule has 60 valence electrons. The van der Waals surface area contributed by atoms with Crippen LogP contribution in [0.25, 0.3) is 0 Å². The van der Waals surface area contributed by atoms with Gasteiger partial charge in [0.25, 0.3) is 0 Å². The van der Waals surface area contributed by atoms with Crippen molar-refractivity contribution in [2.24, 2.45) is 16.6 Å². The van der Waals surface area contributed by atoms with Gasteiger partial charge in [0, 0.05) is 30.7 Å². The van der Waals surface area contributed by atoms with Gasteiger partial charge >= 0.3 is 0 Å². The highest BCUT2D eigenvalue weighted by Gasteiger charge is 2.11. The molecule has 0 bridgehead atoms. The minimum atomic E-state index is -0.256. The fraction of sp³-hybridized carbons (Fsp3) is 0.500. The lowest BCUT2D eigenvalue weighted by Gasteiger charge is -2.04. The monoisotopic (exact) mass is 152 g/mol. The first-order valence-corrected chi connectivity index (χ1v) is 3.71. The van der Waals surface area contributed by atoms with E-state index in [1.165, 1.54) is 0 Å². The number of nitrogens with zero attached hydrogens (tertiary/aromatic N) is 1. The van der Waals surface area contributed by atoms with E-state index in [2.05, 4.69) is 4.99 Å². The van der Waals surface area contributed by atoms with Crippen molar-refractivity contribution in [2.75, 3.05) is 0 Å². The molecule has 0 saturated carbocycles. The van der Waals surface area contributed by atoms with Crippen molar-refractivity contribution in [1.82, 2.24) is 0 Å². The molecule has 1 unspecified atom stereocenters. The Morgan fingerprint density at radius 3 is 3.09 bits per heavy atom. The summed E-state index contributed by atoms with van der Waals surface area (Å²) in [5.41, 5.74) is 6.08. The highest BCUT2D eigenvalue weighted by Crippen LogP contribution is 2.15. The first-order chi connectivity index (χ1) is 5.20. The molecule has 1 amide bonds. The molecule has 1 heterocycles. The third-order valence-corrected chi connectivity index (χ3v) is 1.72. The number of carbonyl (C=O) groups excluding carboxylic acids is 1. The highest BCUT2D eigenvalue weighted by molar-refractivity contribution is 5.76. The summed E-state index contributed by atoms with van der Waals surface area (Å²) < 4.78 is 0. The minimum absolute atomic E-state index is 0.100. The molecule has 0 radical (unpaired) electrons. The Labute approximate surface area is 66.0 Å². The third kappa shape index (κ3) is 2.18. The van der Waals surface area contributed by atoms with Gasteiger partial charge in [-0.15, -0.1) is 0 Å². The molecule has 1 rings (SSSR count). The van der Waals surface area contributed by atoms with Gasteiger partial charge in [-0.25, -0.2) is 0 Å². The molecule has 2 N–H and O–H groups in total. The number of amides is 1. The quantitative estimate of drug-likeness (QED) is 0.640. The van der Waals surface area contributed by atoms with Crippen molar-refractivity contribution in [2.45, 2.75) is 19.8 Å². The molecule has 0 fully saturated rings. The number of primary amides is 1. The second-order valence-corrected chi connectivity index (χ2v) is 2.75. The van der Waals surface area contributed by atoms with Crippen molar-refractivity contribution in [1.29, 1.82) is 0 Å². The third-order valence-electron chi connectivity index (χ3n) is 1.72. The first-order valence-electron chi connectivity index (χ1n) is 3.71. The number of carbonyl (C=O) groups is 1. The van der Waals surface area contributed by atoms with Crippen LogP contribution in [-0.2, 0) is 4.79 Å². The molecule has 0 aromatic carbocycles. The van der Waals surface area contributed by atoms with Gasteiger partial charge in [0.05, 0.1) is 0 Å². The first kappa shape index (κ1) is 7.98. The van der Waals surface area contributed by atoms with E-state index in [1.54, 1.807) is 0 Å². The number of nitrogens with two attached hydrogens (primary N) is 1. The molecule has 1 aliphatic rings. The fourth-order valence-corrected chi connectivity index (χ4v) is 0.962. The van der Waals surface area contributed by atoms with Crippen LogP contribution in [-0.4, -0.2) is 12.1 Å². The van der Waals surface area contributed by atoms with Crippen LogP contribution in [0.5, 0.6) is 0 Å². The molecule has 3 heteroatoms. The molecule has 3 nitrogen and oxygen atoms in total. The van der Waals surface area contributed by atoms with Crippen molar-refractivity contribution in [3.8, 4) is 0 Å². The van der Waals surface area contributed by atoms with Gasteiger partial charge in [-0.05, 0) is 0 Å². The maximum atomic E-state index is 10.6. The molecule has 0 spiro atoms. The molecular weight excluding hydrogens is 140 g/mol. The number of hydrogen-bond acceptors (Lipinski definition) is 2. The van der Waals surface area contributed by atoms with Crippen LogP contribution < -0.4 is 5.73 Å². The predicted molar refractivity (Wildman–Crippen MR) is 44.2 cm³/mol. The van der Waals surface area contributed by atoms with Gasteiger partial charge in [-0.1, -0.05) is 13.0 Å². The highest BCUT2D eigenvalue weighted by atomic mass is 16.1. The van der Waals surface area contributed by atoms with Crippen LogP contribution in [0.3, 0.4) is 0 Å². The molecule has 0 aromatic heterocycles. The predicted octanol–water partition coefficient (Wildman–Crippen LogP) is 0.856. The van der Waals surface area contributed by atoms with Gasteiger partial charge in [-0.3, -0.25) is 9.79 Å². The molecule has 0 aromatic rings. The van der Waals surface area contributed by atoms with Crippen LogP contribution in [0.2, 0.25) is 0 Å². The molecular formula is C8H12N2O. The number of aliphatic imine (C=N–C) groups is 1. The molecule has 11 heavy (non-hydrogen) atoms. The Morgan fingerprint density at radius 1 is 1.91 bits per heavy atom. The van der Waals surface area contributed by atoms with Crippen molar-refractivity contribution in [3.05, 3.63) is 11.8 Å². The molecule has 1 atom stereocenters. The van der Waals surface area contributed by atoms with Gasteiger partial charge in [0.15, 0.2) is 0 Å². The van der Waals surface area contributed by atoms with E-state index in [4.69, 9.17) is 5.73 Å². The van der Waals surface area contributed by atoms with Crippen LogP contribution in [0, 0.1) is 5.92 Å². The maximum Gasteiger partial charge on any atom is 0.220 e. The topological polar surface area (TPSA) is 55.4 Å². The second kappa shape index (κ2) is 3.32. The lowest BCUT2D eigenvalue weighted by molar-refractivity contribution is -0.121. The average Bonchev–Trinajstić information content (AvgIpc) is 2.39. The summed E-state index contributed by atoms with van der Waals surface area (Å²) >= 11 is 0. The Balaban J connectivity index is 2.42. The summed E-state index contributed by atoms with van der Waals surface area (Å²) in [4.78, 5) is 14.7. The standard InChI is InChI=1S/C8H12N2O/c1-6(8(9)11)5-7-3-2-4-10-7/h3-4,6H,2,5H2,1H3,(H2,9,11). The van der Waals surface area contributed by atoms with Crippen LogP contribution in [0.4, 0.5) is 0 Å². The largest absolute Gasteiger partial charge is 0.369 e. The molecule has 1 aliphatic heterocycles. The summed E-state index contributed by atoms with van der Waals surface area (Å²) in [6.45, 7) is 1.82. The van der Waals surface area contributed by atoms with E-state index in [9.17, 15) is 4.79 Å². The maximum absolute atomic E-state index is 10.6. The Hall–Kier alpha value is -1.12. The zero-order valence-electron chi connectivity index (χ0n) is 6.58. The van der Waals surface area contributed by atoms with E-state index in [1.807, 2.05) is 19.2 Å². The van der Waals surface area contributed by atoms with Crippen molar-refractivity contribution in [3.63, 3.8) is 0 Å². The summed E-state index contributed by atoms with van der Waals surface area (Å²) in [6.07, 6.45) is 5.41. The van der Waals surface area contributed by atoms with Gasteiger partial charge in [-0.2, -0.15) is 0 Å². The van der Waals surface area contributed by atoms with E-state index >= 15 is 0 Å².